The summed E-state index contributed by atoms with van der Waals surface area (Å²) in [6, 6.07) is 7.44. The number of hydrogen-bond acceptors (Lipinski definition) is 2. The highest BCUT2D eigenvalue weighted by molar-refractivity contribution is 9.10. The fourth-order valence-electron chi connectivity index (χ4n) is 1.59. The maximum absolute atomic E-state index is 12.1. The summed E-state index contributed by atoms with van der Waals surface area (Å²) in [5, 5.41) is 0. The molecule has 0 saturated heterocycles. The van der Waals surface area contributed by atoms with Crippen molar-refractivity contribution in [2.75, 3.05) is 20.1 Å². The zero-order chi connectivity index (χ0) is 15.9. The molecule has 0 heterocycles. The van der Waals surface area contributed by atoms with Crippen molar-refractivity contribution in [1.82, 2.24) is 4.90 Å². The second-order valence-electron chi connectivity index (χ2n) is 6.05. The number of Topliss-reactive ketones (excluding diaryl/α,β-unsaturated/α-hetero) is 1. The minimum atomic E-state index is 0.0216. The fourth-order valence-corrected chi connectivity index (χ4v) is 1.85. The molecule has 0 amide bonds. The smallest absolute Gasteiger partial charge is 0.176 e. The number of benzene rings is 1. The van der Waals surface area contributed by atoms with Crippen LogP contribution in [0.3, 0.4) is 0 Å². The third-order valence-corrected chi connectivity index (χ3v) is 3.17. The normalized spacial score (nSPS) is 11.5. The summed E-state index contributed by atoms with van der Waals surface area (Å²) in [5.41, 5.74) is 0.759. The monoisotopic (exact) mass is 347 g/mol. The van der Waals surface area contributed by atoms with E-state index in [4.69, 9.17) is 0 Å². The standard InChI is InChI=1S/C18H22BrNO/c1-18(2,3)12-6-5-7-13-20(4)14-17(21)15-8-10-16(19)11-9-15/h5,7-11H,13-14H2,1-4H3/b7-5+. The Labute approximate surface area is 136 Å². The van der Waals surface area contributed by atoms with E-state index in [0.29, 0.717) is 13.1 Å². The second-order valence-corrected chi connectivity index (χ2v) is 6.96. The molecule has 21 heavy (non-hydrogen) atoms. The molecule has 0 fully saturated rings. The van der Waals surface area contributed by atoms with Crippen LogP contribution in [-0.2, 0) is 0 Å². The van der Waals surface area contributed by atoms with Gasteiger partial charge in [0.15, 0.2) is 5.78 Å². The lowest BCUT2D eigenvalue weighted by Crippen LogP contribution is -2.26. The molecule has 0 aliphatic rings. The summed E-state index contributed by atoms with van der Waals surface area (Å²) in [5.74, 6) is 6.29. The van der Waals surface area contributed by atoms with Gasteiger partial charge in [-0.15, -0.1) is 0 Å². The number of rotatable bonds is 5. The molecule has 112 valence electrons. The Morgan fingerprint density at radius 1 is 1.29 bits per heavy atom. The highest BCUT2D eigenvalue weighted by atomic mass is 79.9. The summed E-state index contributed by atoms with van der Waals surface area (Å²) in [6.07, 6.45) is 3.83. The molecule has 0 saturated carbocycles. The largest absolute Gasteiger partial charge is 0.295 e. The molecule has 0 spiro atoms. The molecule has 0 N–H and O–H groups in total. The predicted molar refractivity (Wildman–Crippen MR) is 92.3 cm³/mol. The molecule has 0 aromatic heterocycles. The van der Waals surface area contributed by atoms with E-state index in [-0.39, 0.29) is 11.2 Å². The molecule has 2 nitrogen and oxygen atoms in total. The van der Waals surface area contributed by atoms with Crippen molar-refractivity contribution in [2.45, 2.75) is 20.8 Å². The van der Waals surface area contributed by atoms with Crippen LogP contribution in [0.15, 0.2) is 40.9 Å². The van der Waals surface area contributed by atoms with Crippen molar-refractivity contribution in [3.8, 4) is 11.8 Å². The Bertz CT molecular complexity index is 556. The average molecular weight is 348 g/mol. The molecule has 1 rings (SSSR count). The molecule has 0 atom stereocenters. The van der Waals surface area contributed by atoms with Gasteiger partial charge in [0.25, 0.3) is 0 Å². The second kappa shape index (κ2) is 8.17. The quantitative estimate of drug-likeness (QED) is 0.588. The molecule has 3 heteroatoms. The van der Waals surface area contributed by atoms with Crippen LogP contribution in [0, 0.1) is 17.3 Å². The van der Waals surface area contributed by atoms with Crippen molar-refractivity contribution in [3.63, 3.8) is 0 Å². The molecule has 0 unspecified atom stereocenters. The zero-order valence-corrected chi connectivity index (χ0v) is 14.7. The summed E-state index contributed by atoms with van der Waals surface area (Å²) in [6.45, 7) is 7.35. The first kappa shape index (κ1) is 17.7. The zero-order valence-electron chi connectivity index (χ0n) is 13.1. The maximum Gasteiger partial charge on any atom is 0.176 e. The van der Waals surface area contributed by atoms with Crippen LogP contribution >= 0.6 is 15.9 Å². The van der Waals surface area contributed by atoms with Crippen LogP contribution in [0.1, 0.15) is 31.1 Å². The van der Waals surface area contributed by atoms with Crippen LogP contribution in [0.5, 0.6) is 0 Å². The van der Waals surface area contributed by atoms with E-state index >= 15 is 0 Å². The summed E-state index contributed by atoms with van der Waals surface area (Å²) >= 11 is 3.36. The van der Waals surface area contributed by atoms with E-state index in [1.807, 2.05) is 48.4 Å². The highest BCUT2D eigenvalue weighted by Crippen LogP contribution is 2.11. The highest BCUT2D eigenvalue weighted by Gasteiger charge is 2.08. The van der Waals surface area contributed by atoms with Crippen molar-refractivity contribution < 1.29 is 4.79 Å². The lowest BCUT2D eigenvalue weighted by Gasteiger charge is -2.13. The van der Waals surface area contributed by atoms with Crippen LogP contribution in [0.25, 0.3) is 0 Å². The third-order valence-electron chi connectivity index (χ3n) is 2.65. The lowest BCUT2D eigenvalue weighted by atomic mass is 9.98. The molecule has 0 radical (unpaired) electrons. The number of hydrogen-bond donors (Lipinski definition) is 0. The molecular weight excluding hydrogens is 326 g/mol. The van der Waals surface area contributed by atoms with E-state index in [1.54, 1.807) is 0 Å². The fraction of sp³-hybridized carbons (Fsp3) is 0.389. The Morgan fingerprint density at radius 2 is 1.90 bits per heavy atom. The van der Waals surface area contributed by atoms with Gasteiger partial charge in [0, 0.05) is 22.0 Å². The van der Waals surface area contributed by atoms with E-state index in [9.17, 15) is 4.79 Å². The van der Waals surface area contributed by atoms with Gasteiger partial charge in [0.1, 0.15) is 0 Å². The first-order valence-electron chi connectivity index (χ1n) is 6.93. The van der Waals surface area contributed by atoms with Gasteiger partial charge in [-0.3, -0.25) is 9.69 Å². The molecule has 0 aliphatic heterocycles. The van der Waals surface area contributed by atoms with E-state index < -0.39 is 0 Å². The first-order valence-corrected chi connectivity index (χ1v) is 7.72. The van der Waals surface area contributed by atoms with Crippen molar-refractivity contribution in [3.05, 3.63) is 46.5 Å². The number of allylic oxidation sites excluding steroid dienone is 1. The van der Waals surface area contributed by atoms with E-state index in [0.717, 1.165) is 10.0 Å². The Balaban J connectivity index is 2.44. The SMILES string of the molecule is CN(C/C=C/C#CC(C)(C)C)CC(=O)c1ccc(Br)cc1. The van der Waals surface area contributed by atoms with Gasteiger partial charge in [0.2, 0.25) is 0 Å². The summed E-state index contributed by atoms with van der Waals surface area (Å²) < 4.78 is 0.979. The van der Waals surface area contributed by atoms with Gasteiger partial charge in [-0.05, 0) is 46.0 Å². The molecule has 1 aromatic rings. The van der Waals surface area contributed by atoms with Gasteiger partial charge >= 0.3 is 0 Å². The number of halogens is 1. The topological polar surface area (TPSA) is 20.3 Å². The van der Waals surface area contributed by atoms with Crippen molar-refractivity contribution in [2.24, 2.45) is 5.41 Å². The van der Waals surface area contributed by atoms with Crippen molar-refractivity contribution in [1.29, 1.82) is 0 Å². The lowest BCUT2D eigenvalue weighted by molar-refractivity contribution is 0.0952. The van der Waals surface area contributed by atoms with Crippen LogP contribution in [0.2, 0.25) is 0 Å². The molecular formula is C18H22BrNO. The summed E-state index contributed by atoms with van der Waals surface area (Å²) in [7, 11) is 1.93. The Morgan fingerprint density at radius 3 is 2.48 bits per heavy atom. The van der Waals surface area contributed by atoms with Gasteiger partial charge in [0.05, 0.1) is 6.54 Å². The Kier molecular flexibility index (Phi) is 6.87. The number of nitrogens with zero attached hydrogens (tertiary/aromatic N) is 1. The minimum Gasteiger partial charge on any atom is -0.295 e. The van der Waals surface area contributed by atoms with Gasteiger partial charge < -0.3 is 0 Å². The van der Waals surface area contributed by atoms with Crippen LogP contribution in [-0.4, -0.2) is 30.8 Å². The van der Waals surface area contributed by atoms with Gasteiger partial charge in [-0.1, -0.05) is 46.0 Å². The van der Waals surface area contributed by atoms with Crippen LogP contribution < -0.4 is 0 Å². The van der Waals surface area contributed by atoms with Gasteiger partial charge in [-0.25, -0.2) is 0 Å². The maximum atomic E-state index is 12.1. The first-order chi connectivity index (χ1) is 9.78. The summed E-state index contributed by atoms with van der Waals surface area (Å²) in [4.78, 5) is 14.0. The number of carbonyl (C=O) groups is 1. The average Bonchev–Trinajstić information content (AvgIpc) is 2.37. The number of ketones is 1. The molecule has 1 aromatic carbocycles. The number of carbonyl (C=O) groups excluding carboxylic acids is 1. The van der Waals surface area contributed by atoms with Gasteiger partial charge in [-0.2, -0.15) is 0 Å². The van der Waals surface area contributed by atoms with E-state index in [1.165, 1.54) is 0 Å². The minimum absolute atomic E-state index is 0.0216. The predicted octanol–water partition coefficient (Wildman–Crippen LogP) is 4.17. The van der Waals surface area contributed by atoms with E-state index in [2.05, 4.69) is 48.5 Å². The van der Waals surface area contributed by atoms with Crippen LogP contribution in [0.4, 0.5) is 0 Å². The molecule has 0 bridgehead atoms. The third kappa shape index (κ3) is 7.84. The van der Waals surface area contributed by atoms with Crippen molar-refractivity contribution >= 4 is 21.7 Å². The number of likely N-dealkylation sites (N-methyl/N-ethyl adjacent to an activating group) is 1. The Hall–Kier alpha value is -1.37. The molecule has 0 aliphatic carbocycles.